The van der Waals surface area contributed by atoms with Crippen LogP contribution in [-0.4, -0.2) is 15.6 Å². The molecule has 6 heteroatoms. The summed E-state index contributed by atoms with van der Waals surface area (Å²) in [4.78, 5) is 4.34. The van der Waals surface area contributed by atoms with Crippen LogP contribution in [0.5, 0.6) is 0 Å². The van der Waals surface area contributed by atoms with E-state index in [1.165, 1.54) is 0 Å². The summed E-state index contributed by atoms with van der Waals surface area (Å²) in [6.07, 6.45) is 3.72. The molecule has 5 nitrogen and oxygen atoms in total. The maximum atomic E-state index is 5.88. The van der Waals surface area contributed by atoms with Crippen molar-refractivity contribution in [3.63, 3.8) is 0 Å². The lowest BCUT2D eigenvalue weighted by atomic mass is 10.2. The highest BCUT2D eigenvalue weighted by molar-refractivity contribution is 8.93. The standard InChI is InChI=1S/C15H15N5.BrH/c16-15(19-13-6-2-1-3-7-13)17-10-12-11-18-20-9-5-4-8-14(12)20;/h1-9,11H,10H2,(H3,16,17,19);1H. The summed E-state index contributed by atoms with van der Waals surface area (Å²) in [6.45, 7) is 0.499. The van der Waals surface area contributed by atoms with Crippen LogP contribution in [0.3, 0.4) is 0 Å². The number of rotatable bonds is 3. The Hall–Kier alpha value is -2.34. The number of nitrogens with one attached hydrogen (secondary N) is 1. The molecule has 0 aliphatic rings. The fourth-order valence-corrected chi connectivity index (χ4v) is 1.99. The summed E-state index contributed by atoms with van der Waals surface area (Å²) in [7, 11) is 0. The molecule has 0 amide bonds. The summed E-state index contributed by atoms with van der Waals surface area (Å²) >= 11 is 0. The molecule has 0 saturated carbocycles. The number of pyridine rings is 1. The van der Waals surface area contributed by atoms with E-state index in [-0.39, 0.29) is 17.0 Å². The molecular weight excluding hydrogens is 330 g/mol. The lowest BCUT2D eigenvalue weighted by Crippen LogP contribution is -2.22. The molecule has 0 atom stereocenters. The third-order valence-electron chi connectivity index (χ3n) is 2.97. The number of benzene rings is 1. The van der Waals surface area contributed by atoms with Crippen molar-refractivity contribution in [3.8, 4) is 0 Å². The van der Waals surface area contributed by atoms with Gasteiger partial charge in [0.25, 0.3) is 0 Å². The second-order valence-corrected chi connectivity index (χ2v) is 4.39. The van der Waals surface area contributed by atoms with Crippen molar-refractivity contribution < 1.29 is 0 Å². The molecule has 3 N–H and O–H groups in total. The van der Waals surface area contributed by atoms with Crippen LogP contribution in [-0.2, 0) is 6.54 Å². The first-order chi connectivity index (χ1) is 9.83. The average Bonchev–Trinajstić information content (AvgIpc) is 2.89. The minimum atomic E-state index is 0. The summed E-state index contributed by atoms with van der Waals surface area (Å²) in [5.41, 5.74) is 8.89. The quantitative estimate of drug-likeness (QED) is 0.566. The second-order valence-electron chi connectivity index (χ2n) is 4.39. The highest BCUT2D eigenvalue weighted by Crippen LogP contribution is 2.11. The Morgan fingerprint density at radius 3 is 2.71 bits per heavy atom. The monoisotopic (exact) mass is 345 g/mol. The predicted molar refractivity (Wildman–Crippen MR) is 90.9 cm³/mol. The molecule has 0 bridgehead atoms. The molecule has 2 aromatic heterocycles. The lowest BCUT2D eigenvalue weighted by Gasteiger charge is -2.04. The summed E-state index contributed by atoms with van der Waals surface area (Å²) < 4.78 is 1.83. The number of para-hydroxylation sites is 1. The number of hydrogen-bond donors (Lipinski definition) is 2. The highest BCUT2D eigenvalue weighted by Gasteiger charge is 2.02. The fraction of sp³-hybridized carbons (Fsp3) is 0.0667. The van der Waals surface area contributed by atoms with Gasteiger partial charge in [0.05, 0.1) is 18.3 Å². The van der Waals surface area contributed by atoms with Crippen LogP contribution >= 0.6 is 17.0 Å². The molecule has 0 fully saturated rings. The van der Waals surface area contributed by atoms with Gasteiger partial charge in [-0.2, -0.15) is 5.10 Å². The van der Waals surface area contributed by atoms with Crippen molar-refractivity contribution >= 4 is 34.1 Å². The Labute approximate surface area is 133 Å². The van der Waals surface area contributed by atoms with Gasteiger partial charge in [0.15, 0.2) is 5.96 Å². The number of nitrogens with zero attached hydrogens (tertiary/aromatic N) is 3. The molecule has 3 aromatic rings. The minimum Gasteiger partial charge on any atom is -0.370 e. The Morgan fingerprint density at radius 1 is 1.14 bits per heavy atom. The zero-order valence-electron chi connectivity index (χ0n) is 11.3. The van der Waals surface area contributed by atoms with Crippen molar-refractivity contribution in [3.05, 3.63) is 66.5 Å². The van der Waals surface area contributed by atoms with E-state index in [2.05, 4.69) is 15.4 Å². The average molecular weight is 346 g/mol. The molecule has 3 rings (SSSR count). The Kier molecular flexibility index (Phi) is 4.94. The molecule has 108 valence electrons. The van der Waals surface area contributed by atoms with E-state index >= 15 is 0 Å². The van der Waals surface area contributed by atoms with Gasteiger partial charge >= 0.3 is 0 Å². The number of fused-ring (bicyclic) bond motifs is 1. The van der Waals surface area contributed by atoms with Crippen LogP contribution in [0, 0.1) is 0 Å². The zero-order valence-corrected chi connectivity index (χ0v) is 13.0. The van der Waals surface area contributed by atoms with Crippen molar-refractivity contribution in [2.75, 3.05) is 5.32 Å². The first-order valence-corrected chi connectivity index (χ1v) is 6.36. The van der Waals surface area contributed by atoms with E-state index < -0.39 is 0 Å². The molecule has 0 spiro atoms. The van der Waals surface area contributed by atoms with Crippen LogP contribution in [0.15, 0.2) is 65.9 Å². The van der Waals surface area contributed by atoms with Gasteiger partial charge in [0.1, 0.15) is 0 Å². The van der Waals surface area contributed by atoms with Crippen molar-refractivity contribution in [1.29, 1.82) is 0 Å². The third-order valence-corrected chi connectivity index (χ3v) is 2.97. The van der Waals surface area contributed by atoms with Gasteiger partial charge in [-0.25, -0.2) is 9.51 Å². The van der Waals surface area contributed by atoms with E-state index in [0.29, 0.717) is 12.5 Å². The van der Waals surface area contributed by atoms with Crippen molar-refractivity contribution in [2.45, 2.75) is 6.54 Å². The Bertz CT molecular complexity index is 736. The number of guanidine groups is 1. The first kappa shape index (κ1) is 15.1. The SMILES string of the molecule is Br.NC(=NCc1cnn2ccccc12)Nc1ccccc1. The Morgan fingerprint density at radius 2 is 1.90 bits per heavy atom. The Balaban J connectivity index is 0.00000161. The normalized spacial score (nSPS) is 11.1. The van der Waals surface area contributed by atoms with Gasteiger partial charge in [-0.05, 0) is 24.3 Å². The topological polar surface area (TPSA) is 67.7 Å². The lowest BCUT2D eigenvalue weighted by molar-refractivity contribution is 0.961. The molecule has 0 radical (unpaired) electrons. The third kappa shape index (κ3) is 3.61. The van der Waals surface area contributed by atoms with Crippen LogP contribution in [0.2, 0.25) is 0 Å². The maximum absolute atomic E-state index is 5.88. The van der Waals surface area contributed by atoms with Gasteiger partial charge in [-0.3, -0.25) is 0 Å². The molecule has 21 heavy (non-hydrogen) atoms. The number of halogens is 1. The molecule has 0 aliphatic carbocycles. The summed E-state index contributed by atoms with van der Waals surface area (Å²) in [6, 6.07) is 15.7. The number of hydrogen-bond acceptors (Lipinski definition) is 2. The fourth-order valence-electron chi connectivity index (χ4n) is 1.99. The maximum Gasteiger partial charge on any atom is 0.193 e. The minimum absolute atomic E-state index is 0. The van der Waals surface area contributed by atoms with Gasteiger partial charge in [-0.15, -0.1) is 17.0 Å². The van der Waals surface area contributed by atoms with Crippen molar-refractivity contribution in [2.24, 2.45) is 10.7 Å². The number of aliphatic imine (C=N–C) groups is 1. The van der Waals surface area contributed by atoms with E-state index in [4.69, 9.17) is 5.73 Å². The smallest absolute Gasteiger partial charge is 0.193 e. The van der Waals surface area contributed by atoms with E-state index in [1.54, 1.807) is 0 Å². The van der Waals surface area contributed by atoms with Crippen LogP contribution in [0.1, 0.15) is 5.56 Å². The molecule has 2 heterocycles. The van der Waals surface area contributed by atoms with Gasteiger partial charge in [0.2, 0.25) is 0 Å². The largest absolute Gasteiger partial charge is 0.370 e. The predicted octanol–water partition coefficient (Wildman–Crippen LogP) is 2.84. The first-order valence-electron chi connectivity index (χ1n) is 6.36. The van der Waals surface area contributed by atoms with Gasteiger partial charge in [0, 0.05) is 17.4 Å². The van der Waals surface area contributed by atoms with Crippen LogP contribution in [0.25, 0.3) is 5.52 Å². The van der Waals surface area contributed by atoms with Crippen molar-refractivity contribution in [1.82, 2.24) is 9.61 Å². The summed E-state index contributed by atoms with van der Waals surface area (Å²) in [5, 5.41) is 7.32. The zero-order chi connectivity index (χ0) is 13.8. The highest BCUT2D eigenvalue weighted by atomic mass is 79.9. The number of nitrogens with two attached hydrogens (primary N) is 1. The van der Waals surface area contributed by atoms with E-state index in [1.807, 2.05) is 65.4 Å². The van der Waals surface area contributed by atoms with E-state index in [0.717, 1.165) is 16.8 Å². The number of aromatic nitrogens is 2. The second kappa shape index (κ2) is 6.90. The van der Waals surface area contributed by atoms with Gasteiger partial charge in [-0.1, -0.05) is 24.3 Å². The number of anilines is 1. The van der Waals surface area contributed by atoms with Gasteiger partial charge < -0.3 is 11.1 Å². The molecule has 0 unspecified atom stereocenters. The van der Waals surface area contributed by atoms with Crippen LogP contribution < -0.4 is 11.1 Å². The molecule has 0 saturated heterocycles. The molecular formula is C15H16BrN5. The van der Waals surface area contributed by atoms with E-state index in [9.17, 15) is 0 Å². The summed E-state index contributed by atoms with van der Waals surface area (Å²) in [5.74, 6) is 0.395. The molecule has 1 aromatic carbocycles. The van der Waals surface area contributed by atoms with Crippen LogP contribution in [0.4, 0.5) is 5.69 Å². The molecule has 0 aliphatic heterocycles.